The van der Waals surface area contributed by atoms with E-state index in [1.54, 1.807) is 7.11 Å². The van der Waals surface area contributed by atoms with Gasteiger partial charge in [-0.2, -0.15) is 0 Å². The molecule has 0 aliphatic heterocycles. The van der Waals surface area contributed by atoms with Gasteiger partial charge in [0.05, 0.1) is 6.61 Å². The lowest BCUT2D eigenvalue weighted by Crippen LogP contribution is -2.37. The molecule has 3 N–H and O–H groups in total. The second-order valence-corrected chi connectivity index (χ2v) is 4.72. The summed E-state index contributed by atoms with van der Waals surface area (Å²) in [4.78, 5) is 13.7. The molecule has 0 radical (unpaired) electrons. The van der Waals surface area contributed by atoms with Crippen LogP contribution >= 0.6 is 0 Å². The predicted octanol–water partition coefficient (Wildman–Crippen LogP) is 0.511. The van der Waals surface area contributed by atoms with Crippen LogP contribution in [-0.4, -0.2) is 45.1 Å². The van der Waals surface area contributed by atoms with Crippen LogP contribution in [0.25, 0.3) is 0 Å². The van der Waals surface area contributed by atoms with Gasteiger partial charge in [0, 0.05) is 20.2 Å². The molecule has 0 fully saturated rings. The summed E-state index contributed by atoms with van der Waals surface area (Å²) in [5, 5.41) is 3.19. The average Bonchev–Trinajstić information content (AvgIpc) is 2.35. The number of nitrogens with two attached hydrogens (primary N) is 1. The van der Waals surface area contributed by atoms with Crippen LogP contribution in [0.3, 0.4) is 0 Å². The summed E-state index contributed by atoms with van der Waals surface area (Å²) >= 11 is 0. The second-order valence-electron chi connectivity index (χ2n) is 4.72. The highest BCUT2D eigenvalue weighted by Gasteiger charge is 2.19. The van der Waals surface area contributed by atoms with E-state index >= 15 is 0 Å². The van der Waals surface area contributed by atoms with Gasteiger partial charge in [-0.3, -0.25) is 4.79 Å². The number of rotatable bonds is 8. The number of primary amides is 1. The van der Waals surface area contributed by atoms with Crippen LogP contribution < -0.4 is 11.1 Å². The van der Waals surface area contributed by atoms with E-state index in [0.29, 0.717) is 13.2 Å². The van der Waals surface area contributed by atoms with Crippen molar-refractivity contribution >= 4 is 5.91 Å². The Morgan fingerprint density at radius 1 is 1.42 bits per heavy atom. The molecular formula is C14H23N3O2. The van der Waals surface area contributed by atoms with Crippen molar-refractivity contribution in [2.24, 2.45) is 5.73 Å². The van der Waals surface area contributed by atoms with Crippen LogP contribution in [0.2, 0.25) is 0 Å². The highest BCUT2D eigenvalue weighted by atomic mass is 16.5. The quantitative estimate of drug-likeness (QED) is 0.719. The zero-order valence-corrected chi connectivity index (χ0v) is 11.8. The third-order valence-electron chi connectivity index (χ3n) is 2.86. The molecule has 5 nitrogen and oxygen atoms in total. The molecule has 0 heterocycles. The van der Waals surface area contributed by atoms with Crippen LogP contribution in [0.1, 0.15) is 17.2 Å². The fraction of sp³-hybridized carbons (Fsp3) is 0.500. The summed E-state index contributed by atoms with van der Waals surface area (Å²) in [6, 6.07) is 7.20. The van der Waals surface area contributed by atoms with Gasteiger partial charge in [0.15, 0.2) is 0 Å². The van der Waals surface area contributed by atoms with E-state index < -0.39 is 6.04 Å². The fourth-order valence-corrected chi connectivity index (χ4v) is 1.90. The smallest absolute Gasteiger partial charge is 0.239 e. The topological polar surface area (TPSA) is 67.6 Å². The molecule has 0 aliphatic carbocycles. The van der Waals surface area contributed by atoms with E-state index in [9.17, 15) is 4.79 Å². The molecule has 1 rings (SSSR count). The number of nitrogens with zero attached hydrogens (tertiary/aromatic N) is 1. The average molecular weight is 265 g/mol. The number of ether oxygens (including phenoxy) is 1. The molecule has 0 spiro atoms. The van der Waals surface area contributed by atoms with Crippen molar-refractivity contribution < 1.29 is 9.53 Å². The molecule has 5 heteroatoms. The number of hydrogen-bond acceptors (Lipinski definition) is 4. The SMILES string of the molecule is COCc1ccccc1C(NCCN(C)C)C(N)=O. The maximum atomic E-state index is 11.6. The van der Waals surface area contributed by atoms with Crippen molar-refractivity contribution in [2.45, 2.75) is 12.6 Å². The summed E-state index contributed by atoms with van der Waals surface area (Å²) in [7, 11) is 5.61. The zero-order chi connectivity index (χ0) is 14.3. The number of nitrogens with one attached hydrogen (secondary N) is 1. The van der Waals surface area contributed by atoms with Gasteiger partial charge in [-0.25, -0.2) is 0 Å². The van der Waals surface area contributed by atoms with E-state index in [1.165, 1.54) is 0 Å². The largest absolute Gasteiger partial charge is 0.380 e. The Labute approximate surface area is 114 Å². The second kappa shape index (κ2) is 7.89. The van der Waals surface area contributed by atoms with Crippen molar-refractivity contribution in [1.82, 2.24) is 10.2 Å². The first-order valence-corrected chi connectivity index (χ1v) is 6.30. The first-order valence-electron chi connectivity index (χ1n) is 6.30. The third kappa shape index (κ3) is 4.98. The number of carbonyl (C=O) groups excluding carboxylic acids is 1. The van der Waals surface area contributed by atoms with E-state index in [4.69, 9.17) is 10.5 Å². The number of hydrogen-bond donors (Lipinski definition) is 2. The predicted molar refractivity (Wildman–Crippen MR) is 75.6 cm³/mol. The number of carbonyl (C=O) groups is 1. The molecule has 0 saturated carbocycles. The Kier molecular flexibility index (Phi) is 6.49. The van der Waals surface area contributed by atoms with Gasteiger partial charge in [0.2, 0.25) is 5.91 Å². The minimum absolute atomic E-state index is 0.373. The number of likely N-dealkylation sites (N-methyl/N-ethyl adjacent to an activating group) is 1. The zero-order valence-electron chi connectivity index (χ0n) is 11.8. The molecule has 106 valence electrons. The maximum Gasteiger partial charge on any atom is 0.239 e. The number of amides is 1. The van der Waals surface area contributed by atoms with Gasteiger partial charge in [0.25, 0.3) is 0 Å². The van der Waals surface area contributed by atoms with E-state index in [-0.39, 0.29) is 5.91 Å². The maximum absolute atomic E-state index is 11.6. The van der Waals surface area contributed by atoms with Crippen LogP contribution in [0.5, 0.6) is 0 Å². The molecule has 0 saturated heterocycles. The van der Waals surface area contributed by atoms with E-state index in [1.807, 2.05) is 43.3 Å². The molecule has 0 bridgehead atoms. The number of benzene rings is 1. The van der Waals surface area contributed by atoms with E-state index in [2.05, 4.69) is 5.32 Å². The van der Waals surface area contributed by atoms with Crippen molar-refractivity contribution in [1.29, 1.82) is 0 Å². The summed E-state index contributed by atoms with van der Waals surface area (Å²) in [6.07, 6.45) is 0. The lowest BCUT2D eigenvalue weighted by atomic mass is 10.00. The Balaban J connectivity index is 2.83. The summed E-state index contributed by atoms with van der Waals surface area (Å²) in [5.41, 5.74) is 7.36. The Morgan fingerprint density at radius 2 is 2.11 bits per heavy atom. The summed E-state index contributed by atoms with van der Waals surface area (Å²) in [6.45, 7) is 2.01. The van der Waals surface area contributed by atoms with Gasteiger partial charge < -0.3 is 20.7 Å². The first kappa shape index (κ1) is 15.6. The first-order chi connectivity index (χ1) is 9.06. The van der Waals surface area contributed by atoms with Gasteiger partial charge in [-0.1, -0.05) is 24.3 Å². The van der Waals surface area contributed by atoms with Crippen LogP contribution in [0.15, 0.2) is 24.3 Å². The van der Waals surface area contributed by atoms with Crippen molar-refractivity contribution in [3.8, 4) is 0 Å². The Bertz CT molecular complexity index is 407. The van der Waals surface area contributed by atoms with Gasteiger partial charge >= 0.3 is 0 Å². The third-order valence-corrected chi connectivity index (χ3v) is 2.86. The van der Waals surface area contributed by atoms with Crippen LogP contribution in [0.4, 0.5) is 0 Å². The molecule has 0 aromatic heterocycles. The summed E-state index contributed by atoms with van der Waals surface area (Å²) < 4.78 is 5.15. The molecular weight excluding hydrogens is 242 g/mol. The van der Waals surface area contributed by atoms with Gasteiger partial charge in [-0.05, 0) is 25.2 Å². The molecule has 0 aliphatic rings. The molecule has 1 amide bonds. The molecule has 1 aromatic rings. The molecule has 1 aromatic carbocycles. The van der Waals surface area contributed by atoms with Crippen LogP contribution in [-0.2, 0) is 16.1 Å². The van der Waals surface area contributed by atoms with Gasteiger partial charge in [0.1, 0.15) is 6.04 Å². The summed E-state index contributed by atoms with van der Waals surface area (Å²) in [5.74, 6) is -0.373. The van der Waals surface area contributed by atoms with Crippen molar-refractivity contribution in [3.05, 3.63) is 35.4 Å². The minimum Gasteiger partial charge on any atom is -0.380 e. The highest BCUT2D eigenvalue weighted by molar-refractivity contribution is 5.81. The highest BCUT2D eigenvalue weighted by Crippen LogP contribution is 2.18. The van der Waals surface area contributed by atoms with Crippen LogP contribution in [0, 0.1) is 0 Å². The molecule has 1 atom stereocenters. The van der Waals surface area contributed by atoms with Gasteiger partial charge in [-0.15, -0.1) is 0 Å². The molecule has 1 unspecified atom stereocenters. The van der Waals surface area contributed by atoms with Crippen molar-refractivity contribution in [3.63, 3.8) is 0 Å². The minimum atomic E-state index is -0.480. The van der Waals surface area contributed by atoms with Crippen molar-refractivity contribution in [2.75, 3.05) is 34.3 Å². The monoisotopic (exact) mass is 265 g/mol. The lowest BCUT2D eigenvalue weighted by molar-refractivity contribution is -0.120. The Hall–Kier alpha value is -1.43. The van der Waals surface area contributed by atoms with E-state index in [0.717, 1.165) is 17.7 Å². The normalized spacial score (nSPS) is 12.6. The Morgan fingerprint density at radius 3 is 2.68 bits per heavy atom. The standard InChI is InChI=1S/C14H23N3O2/c1-17(2)9-8-16-13(14(15)18)12-7-5-4-6-11(12)10-19-3/h4-7,13,16H,8-10H2,1-3H3,(H2,15,18). The fourth-order valence-electron chi connectivity index (χ4n) is 1.90. The molecule has 19 heavy (non-hydrogen) atoms. The lowest BCUT2D eigenvalue weighted by Gasteiger charge is -2.20. The number of methoxy groups -OCH3 is 1.